The van der Waals surface area contributed by atoms with Crippen molar-refractivity contribution in [1.82, 2.24) is 15.3 Å². The van der Waals surface area contributed by atoms with Gasteiger partial charge < -0.3 is 5.32 Å². The van der Waals surface area contributed by atoms with E-state index in [0.717, 1.165) is 27.7 Å². The second-order valence-electron chi connectivity index (χ2n) is 4.69. The molecule has 0 bridgehead atoms. The van der Waals surface area contributed by atoms with E-state index in [1.807, 2.05) is 42.6 Å². The molecule has 6 heteroatoms. The predicted octanol–water partition coefficient (Wildman–Crippen LogP) is 4.80. The van der Waals surface area contributed by atoms with Gasteiger partial charge in [0.2, 0.25) is 0 Å². The Bertz CT molecular complexity index is 759. The van der Waals surface area contributed by atoms with Crippen LogP contribution in [0.5, 0.6) is 0 Å². The number of aromatic nitrogens is 2. The molecule has 0 fully saturated rings. The monoisotopic (exact) mass is 349 g/mol. The van der Waals surface area contributed by atoms with Crippen LogP contribution in [0.3, 0.4) is 0 Å². The van der Waals surface area contributed by atoms with Crippen LogP contribution in [0.25, 0.3) is 10.6 Å². The molecule has 0 aliphatic heterocycles. The molecule has 0 amide bonds. The maximum absolute atomic E-state index is 6.00. The lowest BCUT2D eigenvalue weighted by atomic mass is 10.2. The topological polar surface area (TPSA) is 37.8 Å². The molecule has 3 aromatic rings. The summed E-state index contributed by atoms with van der Waals surface area (Å²) in [6.45, 7) is 1.42. The zero-order valence-electron chi connectivity index (χ0n) is 11.6. The quantitative estimate of drug-likeness (QED) is 0.718. The molecule has 1 N–H and O–H groups in total. The molecular formula is C16H13Cl2N3S. The van der Waals surface area contributed by atoms with Crippen LogP contribution in [0.4, 0.5) is 0 Å². The molecular weight excluding hydrogens is 337 g/mol. The van der Waals surface area contributed by atoms with Gasteiger partial charge in [-0.25, -0.2) is 4.98 Å². The highest BCUT2D eigenvalue weighted by molar-refractivity contribution is 7.15. The average Bonchev–Trinajstić information content (AvgIpc) is 3.01. The van der Waals surface area contributed by atoms with Crippen LogP contribution in [-0.4, -0.2) is 9.97 Å². The van der Waals surface area contributed by atoms with Crippen LogP contribution >= 0.6 is 34.5 Å². The fraction of sp³-hybridized carbons (Fsp3) is 0.125. The molecule has 2 heterocycles. The molecule has 0 atom stereocenters. The Labute approximate surface area is 143 Å². The first kappa shape index (κ1) is 15.4. The van der Waals surface area contributed by atoms with E-state index in [0.29, 0.717) is 16.6 Å². The fourth-order valence-electron chi connectivity index (χ4n) is 1.98. The van der Waals surface area contributed by atoms with Crippen molar-refractivity contribution in [1.29, 1.82) is 0 Å². The zero-order valence-corrected chi connectivity index (χ0v) is 13.9. The summed E-state index contributed by atoms with van der Waals surface area (Å²) in [5.41, 5.74) is 2.05. The number of pyridine rings is 1. The third kappa shape index (κ3) is 3.84. The Balaban J connectivity index is 1.58. The maximum Gasteiger partial charge on any atom is 0.107 e. The van der Waals surface area contributed by atoms with E-state index in [9.17, 15) is 0 Å². The molecule has 0 saturated carbocycles. The molecule has 0 spiro atoms. The van der Waals surface area contributed by atoms with Crippen molar-refractivity contribution in [2.24, 2.45) is 0 Å². The van der Waals surface area contributed by atoms with Gasteiger partial charge in [0, 0.05) is 25.5 Å². The van der Waals surface area contributed by atoms with E-state index in [1.54, 1.807) is 17.5 Å². The Morgan fingerprint density at radius 2 is 1.91 bits per heavy atom. The van der Waals surface area contributed by atoms with Crippen LogP contribution in [-0.2, 0) is 13.1 Å². The van der Waals surface area contributed by atoms with E-state index >= 15 is 0 Å². The Kier molecular flexibility index (Phi) is 5.05. The summed E-state index contributed by atoms with van der Waals surface area (Å²) in [5, 5.41) is 5.53. The summed E-state index contributed by atoms with van der Waals surface area (Å²) in [6.07, 6.45) is 3.65. The standard InChI is InChI=1S/C16H13Cl2N3S/c17-12-5-4-11(7-13(12)18)8-19-10-16-21-9-15(22-16)14-3-1-2-6-20-14/h1-7,9,19H,8,10H2. The maximum atomic E-state index is 6.00. The van der Waals surface area contributed by atoms with Crippen LogP contribution in [0.15, 0.2) is 48.8 Å². The number of rotatable bonds is 5. The van der Waals surface area contributed by atoms with Crippen LogP contribution in [0.2, 0.25) is 10.0 Å². The summed E-state index contributed by atoms with van der Waals surface area (Å²) >= 11 is 13.6. The van der Waals surface area contributed by atoms with Crippen molar-refractivity contribution in [3.8, 4) is 10.6 Å². The number of nitrogens with zero attached hydrogens (tertiary/aromatic N) is 2. The van der Waals surface area contributed by atoms with Crippen LogP contribution in [0, 0.1) is 0 Å². The normalized spacial score (nSPS) is 10.8. The van der Waals surface area contributed by atoms with Gasteiger partial charge in [-0.2, -0.15) is 0 Å². The molecule has 2 aromatic heterocycles. The first-order valence-electron chi connectivity index (χ1n) is 6.73. The first-order chi connectivity index (χ1) is 10.7. The minimum Gasteiger partial charge on any atom is -0.306 e. The van der Waals surface area contributed by atoms with E-state index in [4.69, 9.17) is 23.2 Å². The number of benzene rings is 1. The number of thiazole rings is 1. The summed E-state index contributed by atoms with van der Waals surface area (Å²) in [7, 11) is 0. The number of halogens is 2. The van der Waals surface area contributed by atoms with Gasteiger partial charge in [0.1, 0.15) is 5.01 Å². The highest BCUT2D eigenvalue weighted by Gasteiger charge is 2.05. The lowest BCUT2D eigenvalue weighted by Gasteiger charge is -2.04. The summed E-state index contributed by atoms with van der Waals surface area (Å²) < 4.78 is 0. The van der Waals surface area contributed by atoms with Crippen molar-refractivity contribution >= 4 is 34.5 Å². The number of nitrogens with one attached hydrogen (secondary N) is 1. The molecule has 22 heavy (non-hydrogen) atoms. The molecule has 112 valence electrons. The van der Waals surface area contributed by atoms with Gasteiger partial charge in [0.25, 0.3) is 0 Å². The second kappa shape index (κ2) is 7.20. The number of hydrogen-bond acceptors (Lipinski definition) is 4. The molecule has 0 aliphatic carbocycles. The van der Waals surface area contributed by atoms with Crippen molar-refractivity contribution in [2.75, 3.05) is 0 Å². The lowest BCUT2D eigenvalue weighted by Crippen LogP contribution is -2.12. The smallest absolute Gasteiger partial charge is 0.107 e. The minimum atomic E-state index is 0.574. The zero-order chi connectivity index (χ0) is 15.4. The van der Waals surface area contributed by atoms with Crippen molar-refractivity contribution in [3.63, 3.8) is 0 Å². The predicted molar refractivity (Wildman–Crippen MR) is 92.4 cm³/mol. The van der Waals surface area contributed by atoms with Gasteiger partial charge in [0.05, 0.1) is 20.6 Å². The van der Waals surface area contributed by atoms with Crippen molar-refractivity contribution in [3.05, 3.63) is 69.4 Å². The van der Waals surface area contributed by atoms with Crippen LogP contribution < -0.4 is 5.32 Å². The Hall–Kier alpha value is -1.46. The van der Waals surface area contributed by atoms with E-state index < -0.39 is 0 Å². The van der Waals surface area contributed by atoms with E-state index in [-0.39, 0.29) is 0 Å². The highest BCUT2D eigenvalue weighted by Crippen LogP contribution is 2.24. The van der Waals surface area contributed by atoms with Crippen molar-refractivity contribution in [2.45, 2.75) is 13.1 Å². The van der Waals surface area contributed by atoms with Gasteiger partial charge in [-0.3, -0.25) is 4.98 Å². The average molecular weight is 350 g/mol. The fourth-order valence-corrected chi connectivity index (χ4v) is 3.17. The molecule has 0 aliphatic rings. The van der Waals surface area contributed by atoms with Crippen LogP contribution in [0.1, 0.15) is 10.6 Å². The highest BCUT2D eigenvalue weighted by atomic mass is 35.5. The molecule has 1 aromatic carbocycles. The molecule has 0 saturated heterocycles. The van der Waals surface area contributed by atoms with Gasteiger partial charge in [-0.1, -0.05) is 35.3 Å². The third-order valence-electron chi connectivity index (χ3n) is 3.06. The summed E-state index contributed by atoms with van der Waals surface area (Å²) in [5.74, 6) is 0. The number of hydrogen-bond donors (Lipinski definition) is 1. The van der Waals surface area contributed by atoms with Gasteiger partial charge in [-0.05, 0) is 29.8 Å². The second-order valence-corrected chi connectivity index (χ2v) is 6.61. The Morgan fingerprint density at radius 3 is 2.68 bits per heavy atom. The molecule has 0 radical (unpaired) electrons. The molecule has 3 rings (SSSR count). The first-order valence-corrected chi connectivity index (χ1v) is 8.30. The van der Waals surface area contributed by atoms with Crippen molar-refractivity contribution < 1.29 is 0 Å². The summed E-state index contributed by atoms with van der Waals surface area (Å²) in [4.78, 5) is 9.83. The molecule has 3 nitrogen and oxygen atoms in total. The van der Waals surface area contributed by atoms with Gasteiger partial charge >= 0.3 is 0 Å². The van der Waals surface area contributed by atoms with Gasteiger partial charge in [-0.15, -0.1) is 11.3 Å². The van der Waals surface area contributed by atoms with Gasteiger partial charge in [0.15, 0.2) is 0 Å². The summed E-state index contributed by atoms with van der Waals surface area (Å²) in [6, 6.07) is 11.5. The minimum absolute atomic E-state index is 0.574. The Morgan fingerprint density at radius 1 is 1.00 bits per heavy atom. The largest absolute Gasteiger partial charge is 0.306 e. The van der Waals surface area contributed by atoms with E-state index in [1.165, 1.54) is 0 Å². The molecule has 0 unspecified atom stereocenters. The lowest BCUT2D eigenvalue weighted by molar-refractivity contribution is 0.690. The van der Waals surface area contributed by atoms with E-state index in [2.05, 4.69) is 15.3 Å². The SMILES string of the molecule is Clc1ccc(CNCc2ncc(-c3ccccn3)s2)cc1Cl. The third-order valence-corrected chi connectivity index (χ3v) is 4.82.